The maximum atomic E-state index is 10.6. The van der Waals surface area contributed by atoms with Crippen LogP contribution < -0.4 is 9.47 Å². The summed E-state index contributed by atoms with van der Waals surface area (Å²) in [5.41, 5.74) is 5.13. The van der Waals surface area contributed by atoms with E-state index in [0.29, 0.717) is 0 Å². The summed E-state index contributed by atoms with van der Waals surface area (Å²) in [5.74, 6) is 1.53. The molecule has 0 aliphatic carbocycles. The third-order valence-corrected chi connectivity index (χ3v) is 5.36. The highest BCUT2D eigenvalue weighted by Gasteiger charge is 2.26. The topological polar surface area (TPSA) is 55.8 Å². The van der Waals surface area contributed by atoms with Crippen LogP contribution in [-0.2, 0) is 10.2 Å². The van der Waals surface area contributed by atoms with Crippen molar-refractivity contribution in [1.29, 1.82) is 0 Å². The van der Waals surface area contributed by atoms with Gasteiger partial charge in [0.25, 0.3) is 0 Å². The minimum atomic E-state index is -0.235. The van der Waals surface area contributed by atoms with Gasteiger partial charge in [0.1, 0.15) is 24.7 Å². The Kier molecular flexibility index (Phi) is 7.06. The summed E-state index contributed by atoms with van der Waals surface area (Å²) in [6, 6.07) is 8.43. The summed E-state index contributed by atoms with van der Waals surface area (Å²) in [7, 11) is 0. The predicted molar refractivity (Wildman–Crippen MR) is 111 cm³/mol. The molecule has 0 heterocycles. The number of hydrogen-bond acceptors (Lipinski definition) is 4. The molecule has 2 aromatic carbocycles. The van der Waals surface area contributed by atoms with Crippen molar-refractivity contribution in [2.45, 2.75) is 40.0 Å². The fourth-order valence-corrected chi connectivity index (χ4v) is 3.92. The van der Waals surface area contributed by atoms with E-state index in [-0.39, 0.29) is 25.2 Å². The van der Waals surface area contributed by atoms with Crippen molar-refractivity contribution in [2.24, 2.45) is 0 Å². The molecular formula is C22H27BrO4. The first kappa shape index (κ1) is 21.5. The molecule has 0 aromatic heterocycles. The van der Waals surface area contributed by atoms with Crippen LogP contribution >= 0.6 is 15.9 Å². The van der Waals surface area contributed by atoms with Gasteiger partial charge < -0.3 is 14.6 Å². The normalized spacial score (nSPS) is 11.4. The fourth-order valence-electron chi connectivity index (χ4n) is 3.25. The van der Waals surface area contributed by atoms with E-state index in [1.54, 1.807) is 0 Å². The molecule has 0 saturated carbocycles. The number of carbonyl (C=O) groups is 1. The molecule has 0 amide bonds. The first-order chi connectivity index (χ1) is 12.7. The standard InChI is InChI=1S/C22H27BrO4/c1-14-10-17(11-15(2)20(14)26-8-6-24)22(4,5)18-12-16(3)21(19(23)13-18)27-9-7-25/h6,10-13,25H,7-9H2,1-5H3. The Bertz CT molecular complexity index is 781. The van der Waals surface area contributed by atoms with Crippen LogP contribution in [0.2, 0.25) is 0 Å². The molecule has 0 aliphatic heterocycles. The van der Waals surface area contributed by atoms with E-state index in [1.165, 1.54) is 5.56 Å². The molecule has 1 N–H and O–H groups in total. The van der Waals surface area contributed by atoms with Gasteiger partial charge in [-0.3, -0.25) is 4.79 Å². The highest BCUT2D eigenvalue weighted by Crippen LogP contribution is 2.40. The van der Waals surface area contributed by atoms with Gasteiger partial charge in [0.15, 0.2) is 6.29 Å². The number of rotatable bonds is 8. The molecule has 2 aromatic rings. The van der Waals surface area contributed by atoms with E-state index < -0.39 is 0 Å². The molecule has 4 nitrogen and oxygen atoms in total. The van der Waals surface area contributed by atoms with Crippen molar-refractivity contribution >= 4 is 22.2 Å². The van der Waals surface area contributed by atoms with Gasteiger partial charge in [-0.1, -0.05) is 32.0 Å². The first-order valence-electron chi connectivity index (χ1n) is 8.94. The lowest BCUT2D eigenvalue weighted by Gasteiger charge is -2.29. The summed E-state index contributed by atoms with van der Waals surface area (Å²) in [4.78, 5) is 10.6. The second-order valence-corrected chi connectivity index (χ2v) is 8.07. The average molecular weight is 435 g/mol. The number of ether oxygens (including phenoxy) is 2. The van der Waals surface area contributed by atoms with Crippen LogP contribution in [0.3, 0.4) is 0 Å². The number of aryl methyl sites for hydroxylation is 3. The number of benzene rings is 2. The lowest BCUT2D eigenvalue weighted by atomic mass is 9.76. The van der Waals surface area contributed by atoms with Gasteiger partial charge in [-0.25, -0.2) is 0 Å². The second kappa shape index (κ2) is 8.89. The maximum Gasteiger partial charge on any atom is 0.157 e. The highest BCUT2D eigenvalue weighted by molar-refractivity contribution is 9.10. The van der Waals surface area contributed by atoms with Gasteiger partial charge >= 0.3 is 0 Å². The zero-order valence-electron chi connectivity index (χ0n) is 16.6. The van der Waals surface area contributed by atoms with Gasteiger partial charge in [-0.15, -0.1) is 0 Å². The number of aldehydes is 1. The first-order valence-corrected chi connectivity index (χ1v) is 9.74. The SMILES string of the molecule is Cc1cc(C(C)(C)c2cc(C)c(OCCO)c(Br)c2)cc(C)c1OCC=O. The van der Waals surface area contributed by atoms with Crippen molar-refractivity contribution in [3.8, 4) is 11.5 Å². The summed E-state index contributed by atoms with van der Waals surface area (Å²) in [6.07, 6.45) is 0.761. The highest BCUT2D eigenvalue weighted by atomic mass is 79.9. The van der Waals surface area contributed by atoms with Crippen LogP contribution in [0.15, 0.2) is 28.7 Å². The number of carbonyl (C=O) groups excluding carboxylic acids is 1. The Labute approximate surface area is 169 Å². The van der Waals surface area contributed by atoms with E-state index >= 15 is 0 Å². The number of aliphatic hydroxyl groups excluding tert-OH is 1. The Morgan fingerprint density at radius 2 is 1.48 bits per heavy atom. The van der Waals surface area contributed by atoms with E-state index in [1.807, 2.05) is 20.8 Å². The van der Waals surface area contributed by atoms with Crippen LogP contribution in [-0.4, -0.2) is 31.2 Å². The van der Waals surface area contributed by atoms with Crippen molar-refractivity contribution in [1.82, 2.24) is 0 Å². The van der Waals surface area contributed by atoms with Crippen LogP contribution in [0.5, 0.6) is 11.5 Å². The summed E-state index contributed by atoms with van der Waals surface area (Å²) in [5, 5.41) is 9.00. The molecule has 0 aliphatic rings. The zero-order valence-corrected chi connectivity index (χ0v) is 18.1. The number of halogens is 1. The zero-order chi connectivity index (χ0) is 20.2. The second-order valence-electron chi connectivity index (χ2n) is 7.22. The minimum Gasteiger partial charge on any atom is -0.490 e. The molecule has 0 bridgehead atoms. The Morgan fingerprint density at radius 3 is 1.96 bits per heavy atom. The third-order valence-electron chi connectivity index (χ3n) is 4.77. The van der Waals surface area contributed by atoms with Crippen LogP contribution in [0.25, 0.3) is 0 Å². The summed E-state index contributed by atoms with van der Waals surface area (Å²) >= 11 is 3.60. The van der Waals surface area contributed by atoms with E-state index in [0.717, 1.165) is 44.5 Å². The largest absolute Gasteiger partial charge is 0.490 e. The molecule has 0 atom stereocenters. The Morgan fingerprint density at radius 1 is 0.963 bits per heavy atom. The minimum absolute atomic E-state index is 0.0177. The smallest absolute Gasteiger partial charge is 0.157 e. The summed E-state index contributed by atoms with van der Waals surface area (Å²) < 4.78 is 12.1. The molecule has 27 heavy (non-hydrogen) atoms. The van der Waals surface area contributed by atoms with Crippen molar-refractivity contribution in [2.75, 3.05) is 19.8 Å². The number of hydrogen-bond donors (Lipinski definition) is 1. The van der Waals surface area contributed by atoms with Gasteiger partial charge in [0.2, 0.25) is 0 Å². The van der Waals surface area contributed by atoms with Crippen LogP contribution in [0, 0.1) is 20.8 Å². The van der Waals surface area contributed by atoms with Crippen LogP contribution in [0.1, 0.15) is 41.7 Å². The molecule has 146 valence electrons. The lowest BCUT2D eigenvalue weighted by molar-refractivity contribution is -0.109. The van der Waals surface area contributed by atoms with Gasteiger partial charge in [-0.05, 0) is 70.6 Å². The predicted octanol–water partition coefficient (Wildman–Crippen LogP) is 4.65. The summed E-state index contributed by atoms with van der Waals surface area (Å²) in [6.45, 7) is 10.7. The molecule has 2 rings (SSSR count). The quantitative estimate of drug-likeness (QED) is 0.614. The Balaban J connectivity index is 2.45. The van der Waals surface area contributed by atoms with Crippen LogP contribution in [0.4, 0.5) is 0 Å². The van der Waals surface area contributed by atoms with E-state index in [2.05, 4.69) is 54.0 Å². The molecule has 5 heteroatoms. The Hall–Kier alpha value is -1.85. The number of aliphatic hydroxyl groups is 1. The molecule has 0 spiro atoms. The molecule has 0 saturated heterocycles. The van der Waals surface area contributed by atoms with Gasteiger partial charge in [0, 0.05) is 5.41 Å². The van der Waals surface area contributed by atoms with Crippen molar-refractivity contribution in [3.05, 3.63) is 56.6 Å². The molecule has 0 radical (unpaired) electrons. The lowest BCUT2D eigenvalue weighted by Crippen LogP contribution is -2.20. The molecule has 0 fully saturated rings. The van der Waals surface area contributed by atoms with Gasteiger partial charge in [-0.2, -0.15) is 0 Å². The van der Waals surface area contributed by atoms with Gasteiger partial charge in [0.05, 0.1) is 11.1 Å². The average Bonchev–Trinajstić information content (AvgIpc) is 2.60. The third kappa shape index (κ3) is 4.71. The van der Waals surface area contributed by atoms with E-state index in [4.69, 9.17) is 14.6 Å². The van der Waals surface area contributed by atoms with Crippen molar-refractivity contribution in [3.63, 3.8) is 0 Å². The van der Waals surface area contributed by atoms with Crippen molar-refractivity contribution < 1.29 is 19.4 Å². The fraction of sp³-hybridized carbons (Fsp3) is 0.409. The maximum absolute atomic E-state index is 10.6. The monoisotopic (exact) mass is 434 g/mol. The van der Waals surface area contributed by atoms with E-state index in [9.17, 15) is 4.79 Å². The molecule has 0 unspecified atom stereocenters. The molecular weight excluding hydrogens is 408 g/mol.